The van der Waals surface area contributed by atoms with Crippen LogP contribution in [0.5, 0.6) is 0 Å². The molecule has 3 N–H and O–H groups in total. The van der Waals surface area contributed by atoms with Crippen LogP contribution < -0.4 is 11.3 Å². The molecule has 5 nitrogen and oxygen atoms in total. The molecule has 0 aliphatic carbocycles. The molecular formula is C15H24N4O. The Morgan fingerprint density at radius 2 is 2.25 bits per heavy atom. The number of carbonyl (C=O) groups is 1. The summed E-state index contributed by atoms with van der Waals surface area (Å²) in [5.41, 5.74) is 3.89. The molecule has 5 heteroatoms. The first kappa shape index (κ1) is 15.0. The van der Waals surface area contributed by atoms with Gasteiger partial charge in [0.15, 0.2) is 0 Å². The molecule has 0 saturated carbocycles. The van der Waals surface area contributed by atoms with Crippen molar-refractivity contribution in [2.24, 2.45) is 5.84 Å². The van der Waals surface area contributed by atoms with Crippen LogP contribution >= 0.6 is 0 Å². The van der Waals surface area contributed by atoms with E-state index in [0.717, 1.165) is 18.7 Å². The number of hydrogen-bond donors (Lipinski definition) is 2. The Balaban J connectivity index is 2.07. The number of nitrogen functional groups attached to an aromatic ring is 1. The molecule has 1 aliphatic rings. The van der Waals surface area contributed by atoms with E-state index in [1.165, 1.54) is 19.4 Å². The molecule has 0 radical (unpaired) electrons. The summed E-state index contributed by atoms with van der Waals surface area (Å²) >= 11 is 0. The Hall–Kier alpha value is -1.43. The lowest BCUT2D eigenvalue weighted by Gasteiger charge is -2.36. The fourth-order valence-corrected chi connectivity index (χ4v) is 2.85. The second-order valence-corrected chi connectivity index (χ2v) is 5.60. The number of likely N-dealkylation sites (tertiary alicyclic amines) is 1. The summed E-state index contributed by atoms with van der Waals surface area (Å²) < 4.78 is 0. The number of benzene rings is 1. The number of piperidine rings is 1. The average Bonchev–Trinajstić information content (AvgIpc) is 2.47. The molecule has 1 unspecified atom stereocenters. The molecule has 1 fully saturated rings. The standard InChI is InChI=1S/C15H24N4O/c1-18-9-5-7-13(11-18)19(2)10-12-6-3-4-8-14(12)15(20)17-16/h3-4,6,8,13H,5,7,9-11,16H2,1-2H3,(H,17,20). The van der Waals surface area contributed by atoms with E-state index in [2.05, 4.69) is 29.3 Å². The second-order valence-electron chi connectivity index (χ2n) is 5.60. The van der Waals surface area contributed by atoms with Crippen LogP contribution in [-0.4, -0.2) is 48.9 Å². The van der Waals surface area contributed by atoms with Crippen LogP contribution in [-0.2, 0) is 6.54 Å². The minimum atomic E-state index is -0.227. The maximum absolute atomic E-state index is 11.8. The van der Waals surface area contributed by atoms with Gasteiger partial charge in [0, 0.05) is 24.7 Å². The van der Waals surface area contributed by atoms with E-state index in [0.29, 0.717) is 11.6 Å². The van der Waals surface area contributed by atoms with Crippen molar-refractivity contribution in [1.82, 2.24) is 15.2 Å². The van der Waals surface area contributed by atoms with Crippen molar-refractivity contribution in [2.45, 2.75) is 25.4 Å². The minimum Gasteiger partial charge on any atom is -0.305 e. The molecule has 20 heavy (non-hydrogen) atoms. The molecule has 1 heterocycles. The van der Waals surface area contributed by atoms with Crippen molar-refractivity contribution in [1.29, 1.82) is 0 Å². The molecule has 2 rings (SSSR count). The summed E-state index contributed by atoms with van der Waals surface area (Å²) in [6.45, 7) is 3.03. The lowest BCUT2D eigenvalue weighted by atomic mass is 10.0. The monoisotopic (exact) mass is 276 g/mol. The summed E-state index contributed by atoms with van der Waals surface area (Å²) in [5, 5.41) is 0. The molecule has 0 aromatic heterocycles. The third-order valence-electron chi connectivity index (χ3n) is 4.04. The third-order valence-corrected chi connectivity index (χ3v) is 4.04. The van der Waals surface area contributed by atoms with Crippen LogP contribution in [0.15, 0.2) is 24.3 Å². The first-order valence-corrected chi connectivity index (χ1v) is 7.09. The van der Waals surface area contributed by atoms with Gasteiger partial charge >= 0.3 is 0 Å². The fourth-order valence-electron chi connectivity index (χ4n) is 2.85. The molecular weight excluding hydrogens is 252 g/mol. The van der Waals surface area contributed by atoms with E-state index in [-0.39, 0.29) is 5.91 Å². The van der Waals surface area contributed by atoms with Crippen LogP contribution in [0.4, 0.5) is 0 Å². The van der Waals surface area contributed by atoms with Gasteiger partial charge in [-0.1, -0.05) is 18.2 Å². The number of nitrogens with one attached hydrogen (secondary N) is 1. The van der Waals surface area contributed by atoms with Crippen molar-refractivity contribution >= 4 is 5.91 Å². The van der Waals surface area contributed by atoms with Crippen molar-refractivity contribution in [3.05, 3.63) is 35.4 Å². The Morgan fingerprint density at radius 3 is 2.95 bits per heavy atom. The van der Waals surface area contributed by atoms with Crippen molar-refractivity contribution < 1.29 is 4.79 Å². The van der Waals surface area contributed by atoms with Gasteiger partial charge in [-0.15, -0.1) is 0 Å². The van der Waals surface area contributed by atoms with Crippen LogP contribution in [0.2, 0.25) is 0 Å². The molecule has 1 amide bonds. The van der Waals surface area contributed by atoms with E-state index in [9.17, 15) is 4.79 Å². The lowest BCUT2D eigenvalue weighted by molar-refractivity contribution is 0.0949. The lowest BCUT2D eigenvalue weighted by Crippen LogP contribution is -2.44. The normalized spacial score (nSPS) is 20.1. The number of carbonyl (C=O) groups excluding carboxylic acids is 1. The first-order valence-electron chi connectivity index (χ1n) is 7.09. The predicted molar refractivity (Wildman–Crippen MR) is 80.1 cm³/mol. The average molecular weight is 276 g/mol. The highest BCUT2D eigenvalue weighted by Gasteiger charge is 2.22. The smallest absolute Gasteiger partial charge is 0.265 e. The molecule has 110 valence electrons. The van der Waals surface area contributed by atoms with Gasteiger partial charge in [-0.05, 0) is 45.1 Å². The molecule has 1 atom stereocenters. The number of nitrogens with zero attached hydrogens (tertiary/aromatic N) is 2. The van der Waals surface area contributed by atoms with Crippen LogP contribution in [0.3, 0.4) is 0 Å². The summed E-state index contributed by atoms with van der Waals surface area (Å²) in [5.74, 6) is 5.02. The number of nitrogens with two attached hydrogens (primary N) is 1. The summed E-state index contributed by atoms with van der Waals surface area (Å²) in [6, 6.07) is 8.18. The van der Waals surface area contributed by atoms with Gasteiger partial charge < -0.3 is 4.90 Å². The number of amides is 1. The Labute approximate surface area is 120 Å². The second kappa shape index (κ2) is 6.83. The van der Waals surface area contributed by atoms with E-state index in [4.69, 9.17) is 5.84 Å². The molecule has 1 aliphatic heterocycles. The fraction of sp³-hybridized carbons (Fsp3) is 0.533. The Bertz CT molecular complexity index is 463. The van der Waals surface area contributed by atoms with E-state index >= 15 is 0 Å². The minimum absolute atomic E-state index is 0.227. The summed E-state index contributed by atoms with van der Waals surface area (Å²) in [7, 11) is 4.29. The topological polar surface area (TPSA) is 61.6 Å². The zero-order chi connectivity index (χ0) is 14.5. The number of hydrogen-bond acceptors (Lipinski definition) is 4. The molecule has 1 aromatic rings. The van der Waals surface area contributed by atoms with Gasteiger partial charge in [0.05, 0.1) is 0 Å². The maximum Gasteiger partial charge on any atom is 0.265 e. The van der Waals surface area contributed by atoms with Crippen LogP contribution in [0, 0.1) is 0 Å². The summed E-state index contributed by atoms with van der Waals surface area (Å²) in [4.78, 5) is 16.5. The molecule has 0 spiro atoms. The predicted octanol–water partition coefficient (Wildman–Crippen LogP) is 0.816. The highest BCUT2D eigenvalue weighted by Crippen LogP contribution is 2.17. The maximum atomic E-state index is 11.8. The Kier molecular flexibility index (Phi) is 5.11. The number of hydrazine groups is 1. The zero-order valence-electron chi connectivity index (χ0n) is 12.3. The summed E-state index contributed by atoms with van der Waals surface area (Å²) in [6.07, 6.45) is 2.45. The van der Waals surface area contributed by atoms with Gasteiger partial charge in [-0.25, -0.2) is 5.84 Å². The number of likely N-dealkylation sites (N-methyl/N-ethyl adjacent to an activating group) is 2. The van der Waals surface area contributed by atoms with Crippen molar-refractivity contribution in [3.8, 4) is 0 Å². The highest BCUT2D eigenvalue weighted by atomic mass is 16.2. The number of rotatable bonds is 4. The van der Waals surface area contributed by atoms with Gasteiger partial charge in [0.2, 0.25) is 0 Å². The van der Waals surface area contributed by atoms with Gasteiger partial charge in [0.25, 0.3) is 5.91 Å². The van der Waals surface area contributed by atoms with E-state index in [1.807, 2.05) is 24.3 Å². The van der Waals surface area contributed by atoms with Crippen molar-refractivity contribution in [3.63, 3.8) is 0 Å². The van der Waals surface area contributed by atoms with E-state index in [1.54, 1.807) is 0 Å². The highest BCUT2D eigenvalue weighted by molar-refractivity contribution is 5.95. The zero-order valence-corrected chi connectivity index (χ0v) is 12.3. The quantitative estimate of drug-likeness (QED) is 0.485. The van der Waals surface area contributed by atoms with E-state index < -0.39 is 0 Å². The first-order chi connectivity index (χ1) is 9.61. The van der Waals surface area contributed by atoms with Crippen LogP contribution in [0.25, 0.3) is 0 Å². The largest absolute Gasteiger partial charge is 0.305 e. The van der Waals surface area contributed by atoms with Gasteiger partial charge in [-0.3, -0.25) is 15.1 Å². The molecule has 0 bridgehead atoms. The van der Waals surface area contributed by atoms with Gasteiger partial charge in [0.1, 0.15) is 0 Å². The van der Waals surface area contributed by atoms with Crippen molar-refractivity contribution in [2.75, 3.05) is 27.2 Å². The SMILES string of the molecule is CN1CCCC(N(C)Cc2ccccc2C(=O)NN)C1. The molecule has 1 saturated heterocycles. The van der Waals surface area contributed by atoms with Crippen LogP contribution in [0.1, 0.15) is 28.8 Å². The third kappa shape index (κ3) is 3.56. The molecule has 1 aromatic carbocycles. The van der Waals surface area contributed by atoms with Gasteiger partial charge in [-0.2, -0.15) is 0 Å². The Morgan fingerprint density at radius 1 is 1.50 bits per heavy atom.